The highest BCUT2D eigenvalue weighted by atomic mass is 16.4. The van der Waals surface area contributed by atoms with E-state index in [2.05, 4.69) is 35.9 Å². The van der Waals surface area contributed by atoms with Crippen LogP contribution in [0.5, 0.6) is 0 Å². The van der Waals surface area contributed by atoms with Gasteiger partial charge in [0.15, 0.2) is 0 Å². The van der Waals surface area contributed by atoms with E-state index < -0.39 is 0 Å². The van der Waals surface area contributed by atoms with Crippen molar-refractivity contribution in [1.82, 2.24) is 10.2 Å². The molecule has 1 aliphatic heterocycles. The van der Waals surface area contributed by atoms with Crippen LogP contribution in [0.25, 0.3) is 0 Å². The lowest BCUT2D eigenvalue weighted by Gasteiger charge is -2.20. The maximum absolute atomic E-state index is 5.39. The zero-order valence-corrected chi connectivity index (χ0v) is 8.77. The fourth-order valence-corrected chi connectivity index (χ4v) is 2.00. The highest BCUT2D eigenvalue weighted by molar-refractivity contribution is 5.32. The van der Waals surface area contributed by atoms with Gasteiger partial charge in [-0.3, -0.25) is 0 Å². The summed E-state index contributed by atoms with van der Waals surface area (Å²) in [5.74, 6) is 1.29. The van der Waals surface area contributed by atoms with Gasteiger partial charge in [0.05, 0.1) is 0 Å². The van der Waals surface area contributed by atoms with Crippen LogP contribution in [-0.4, -0.2) is 22.8 Å². The fourth-order valence-electron chi connectivity index (χ4n) is 2.00. The molecule has 0 bridgehead atoms. The summed E-state index contributed by atoms with van der Waals surface area (Å²) in [5, 5.41) is 7.57. The van der Waals surface area contributed by atoms with Gasteiger partial charge in [-0.1, -0.05) is 24.0 Å². The second kappa shape index (κ2) is 3.15. The number of aromatic nitrogens is 2. The van der Waals surface area contributed by atoms with E-state index in [-0.39, 0.29) is 6.01 Å². The van der Waals surface area contributed by atoms with Crippen molar-refractivity contribution in [3.8, 4) is 0 Å². The molecule has 5 nitrogen and oxygen atoms in total. The second-order valence-electron chi connectivity index (χ2n) is 4.15. The van der Waals surface area contributed by atoms with Crippen LogP contribution in [0, 0.1) is 11.8 Å². The zero-order valence-electron chi connectivity index (χ0n) is 8.77. The number of nitrogens with zero attached hydrogens (tertiary/aromatic N) is 3. The molecule has 14 heavy (non-hydrogen) atoms. The maximum atomic E-state index is 5.39. The van der Waals surface area contributed by atoms with Crippen LogP contribution in [0.2, 0.25) is 0 Å². The molecule has 1 aliphatic rings. The lowest BCUT2D eigenvalue weighted by atomic mass is 9.95. The quantitative estimate of drug-likeness (QED) is 0.729. The van der Waals surface area contributed by atoms with Gasteiger partial charge in [-0.05, 0) is 18.8 Å². The van der Waals surface area contributed by atoms with Gasteiger partial charge in [0.25, 0.3) is 0 Å². The van der Waals surface area contributed by atoms with Crippen molar-refractivity contribution in [2.24, 2.45) is 11.8 Å². The highest BCUT2D eigenvalue weighted by Gasteiger charge is 2.35. The van der Waals surface area contributed by atoms with Crippen molar-refractivity contribution in [2.45, 2.75) is 26.8 Å². The number of hydrogen-bond acceptors (Lipinski definition) is 5. The third kappa shape index (κ3) is 1.32. The number of nitrogens with two attached hydrogens (primary N) is 1. The first kappa shape index (κ1) is 9.30. The first-order chi connectivity index (χ1) is 6.59. The van der Waals surface area contributed by atoms with Crippen molar-refractivity contribution in [1.29, 1.82) is 0 Å². The van der Waals surface area contributed by atoms with E-state index >= 15 is 0 Å². The van der Waals surface area contributed by atoms with E-state index in [1.54, 1.807) is 0 Å². The summed E-state index contributed by atoms with van der Waals surface area (Å²) in [7, 11) is 0. The standard InChI is InChI=1S/C9H16N4O/c1-5-4-13(7(3)6(5)2)9-12-11-8(10)14-9/h5-7H,4H2,1-3H3,(H2,10,11). The van der Waals surface area contributed by atoms with Gasteiger partial charge in [0.1, 0.15) is 0 Å². The molecular formula is C9H16N4O. The van der Waals surface area contributed by atoms with E-state index in [4.69, 9.17) is 10.2 Å². The summed E-state index contributed by atoms with van der Waals surface area (Å²) in [6, 6.07) is 1.12. The molecule has 0 spiro atoms. The molecule has 0 radical (unpaired) electrons. The smallest absolute Gasteiger partial charge is 0.319 e. The Morgan fingerprint density at radius 1 is 1.36 bits per heavy atom. The Kier molecular flexibility index (Phi) is 2.09. The Morgan fingerprint density at radius 2 is 2.07 bits per heavy atom. The summed E-state index contributed by atoms with van der Waals surface area (Å²) in [6.45, 7) is 7.62. The Morgan fingerprint density at radius 3 is 2.50 bits per heavy atom. The van der Waals surface area contributed by atoms with Gasteiger partial charge in [0, 0.05) is 12.6 Å². The average molecular weight is 196 g/mol. The van der Waals surface area contributed by atoms with Crippen molar-refractivity contribution in [3.05, 3.63) is 0 Å². The molecule has 2 heterocycles. The van der Waals surface area contributed by atoms with Gasteiger partial charge >= 0.3 is 12.0 Å². The molecule has 5 heteroatoms. The SMILES string of the molecule is CC1CN(c2nnc(N)o2)C(C)C1C. The van der Waals surface area contributed by atoms with Crippen LogP contribution >= 0.6 is 0 Å². The third-order valence-electron chi connectivity index (χ3n) is 3.31. The molecule has 0 aromatic carbocycles. The monoisotopic (exact) mass is 196 g/mol. The average Bonchev–Trinajstić information content (AvgIpc) is 2.66. The molecule has 0 saturated carbocycles. The van der Waals surface area contributed by atoms with Crippen molar-refractivity contribution in [2.75, 3.05) is 17.2 Å². The van der Waals surface area contributed by atoms with E-state index in [1.807, 2.05) is 0 Å². The minimum Gasteiger partial charge on any atom is -0.390 e. The molecule has 3 unspecified atom stereocenters. The molecule has 78 valence electrons. The molecule has 2 N–H and O–H groups in total. The van der Waals surface area contributed by atoms with Crippen LogP contribution in [-0.2, 0) is 0 Å². The first-order valence-corrected chi connectivity index (χ1v) is 4.95. The lowest BCUT2D eigenvalue weighted by molar-refractivity contribution is 0.437. The number of nitrogen functional groups attached to an aromatic ring is 1. The normalized spacial score (nSPS) is 32.5. The predicted octanol–water partition coefficient (Wildman–Crippen LogP) is 1.13. The molecule has 1 saturated heterocycles. The summed E-state index contributed by atoms with van der Waals surface area (Å²) < 4.78 is 5.22. The largest absolute Gasteiger partial charge is 0.390 e. The summed E-state index contributed by atoms with van der Waals surface area (Å²) in [5.41, 5.74) is 5.39. The highest BCUT2D eigenvalue weighted by Crippen LogP contribution is 2.32. The molecule has 1 aromatic rings. The van der Waals surface area contributed by atoms with Gasteiger partial charge < -0.3 is 15.1 Å². The molecule has 1 fully saturated rings. The molecule has 0 aliphatic carbocycles. The van der Waals surface area contributed by atoms with E-state index in [9.17, 15) is 0 Å². The summed E-state index contributed by atoms with van der Waals surface area (Å²) >= 11 is 0. The minimum absolute atomic E-state index is 0.138. The predicted molar refractivity (Wildman–Crippen MR) is 53.8 cm³/mol. The van der Waals surface area contributed by atoms with E-state index in [0.29, 0.717) is 23.9 Å². The first-order valence-electron chi connectivity index (χ1n) is 4.95. The van der Waals surface area contributed by atoms with Crippen molar-refractivity contribution in [3.63, 3.8) is 0 Å². The molecule has 3 atom stereocenters. The lowest BCUT2D eigenvalue weighted by Crippen LogP contribution is -2.29. The second-order valence-corrected chi connectivity index (χ2v) is 4.15. The van der Waals surface area contributed by atoms with Crippen LogP contribution in [0.3, 0.4) is 0 Å². The molecule has 1 aromatic heterocycles. The molecular weight excluding hydrogens is 180 g/mol. The van der Waals surface area contributed by atoms with Gasteiger partial charge in [-0.15, -0.1) is 0 Å². The molecule has 0 amide bonds. The number of hydrogen-bond donors (Lipinski definition) is 1. The number of rotatable bonds is 1. The van der Waals surface area contributed by atoms with Crippen LogP contribution < -0.4 is 10.6 Å². The van der Waals surface area contributed by atoms with E-state index in [1.165, 1.54) is 0 Å². The van der Waals surface area contributed by atoms with Gasteiger partial charge in [-0.2, -0.15) is 0 Å². The van der Waals surface area contributed by atoms with Crippen molar-refractivity contribution >= 4 is 12.0 Å². The maximum Gasteiger partial charge on any atom is 0.319 e. The molecule has 2 rings (SSSR count). The fraction of sp³-hybridized carbons (Fsp3) is 0.778. The Labute approximate surface area is 83.3 Å². The Bertz CT molecular complexity index is 324. The minimum atomic E-state index is 0.138. The van der Waals surface area contributed by atoms with Crippen LogP contribution in [0.4, 0.5) is 12.0 Å². The van der Waals surface area contributed by atoms with Gasteiger partial charge in [0.2, 0.25) is 0 Å². The Balaban J connectivity index is 2.20. The summed E-state index contributed by atoms with van der Waals surface area (Å²) in [4.78, 5) is 2.12. The summed E-state index contributed by atoms with van der Waals surface area (Å²) in [6.07, 6.45) is 0. The van der Waals surface area contributed by atoms with E-state index in [0.717, 1.165) is 6.54 Å². The number of anilines is 2. The third-order valence-corrected chi connectivity index (χ3v) is 3.31. The van der Waals surface area contributed by atoms with Crippen LogP contribution in [0.1, 0.15) is 20.8 Å². The van der Waals surface area contributed by atoms with Crippen LogP contribution in [0.15, 0.2) is 4.42 Å². The Hall–Kier alpha value is -1.26. The van der Waals surface area contributed by atoms with Crippen molar-refractivity contribution < 1.29 is 4.42 Å². The van der Waals surface area contributed by atoms with Gasteiger partial charge in [-0.25, -0.2) is 0 Å². The zero-order chi connectivity index (χ0) is 10.3. The topological polar surface area (TPSA) is 68.2 Å².